The Morgan fingerprint density at radius 3 is 3.05 bits per heavy atom. The molecular formula is C14H18ClN3O3. The van der Waals surface area contributed by atoms with E-state index in [1.165, 1.54) is 25.3 Å². The van der Waals surface area contributed by atoms with Crippen LogP contribution in [0.3, 0.4) is 0 Å². The van der Waals surface area contributed by atoms with E-state index in [9.17, 15) is 9.59 Å². The molecule has 0 spiro atoms. The Bertz CT molecular complexity index is 610. The Labute approximate surface area is 127 Å². The number of allylic oxidation sites excluding steroid dienone is 1. The van der Waals surface area contributed by atoms with Crippen LogP contribution in [0.25, 0.3) is 0 Å². The minimum Gasteiger partial charge on any atom is -0.468 e. The van der Waals surface area contributed by atoms with Crippen LogP contribution < -0.4 is 10.9 Å². The standard InChI is InChI=1S/C14H18ClN3O3/c1-21-12(19)9-18-14(20)13(15)11(8-17-18)16-7-6-10-4-2-3-5-10/h4,8,16H,2-3,5-7,9H2,1H3. The number of ether oxygens (including phenoxy) is 1. The largest absolute Gasteiger partial charge is 0.468 e. The summed E-state index contributed by atoms with van der Waals surface area (Å²) in [6.07, 6.45) is 8.17. The van der Waals surface area contributed by atoms with Crippen LogP contribution in [0.5, 0.6) is 0 Å². The van der Waals surface area contributed by atoms with Gasteiger partial charge in [0, 0.05) is 6.54 Å². The second-order valence-electron chi connectivity index (χ2n) is 4.84. The number of carbonyl (C=O) groups excluding carboxylic acids is 1. The average molecular weight is 312 g/mol. The number of methoxy groups -OCH3 is 1. The van der Waals surface area contributed by atoms with E-state index < -0.39 is 11.5 Å². The third-order valence-corrected chi connectivity index (χ3v) is 3.75. The van der Waals surface area contributed by atoms with E-state index in [2.05, 4.69) is 21.2 Å². The summed E-state index contributed by atoms with van der Waals surface area (Å²) in [5.41, 5.74) is 1.42. The summed E-state index contributed by atoms with van der Waals surface area (Å²) in [4.78, 5) is 23.1. The van der Waals surface area contributed by atoms with Gasteiger partial charge < -0.3 is 10.1 Å². The molecule has 1 heterocycles. The summed E-state index contributed by atoms with van der Waals surface area (Å²) in [5.74, 6) is -0.547. The van der Waals surface area contributed by atoms with Crippen molar-refractivity contribution in [1.29, 1.82) is 0 Å². The Morgan fingerprint density at radius 1 is 1.57 bits per heavy atom. The first-order chi connectivity index (χ1) is 10.1. The van der Waals surface area contributed by atoms with Gasteiger partial charge in [0.05, 0.1) is 19.0 Å². The SMILES string of the molecule is COC(=O)Cn1ncc(NCCC2=CCCC2)c(Cl)c1=O. The lowest BCUT2D eigenvalue weighted by Gasteiger charge is -2.10. The van der Waals surface area contributed by atoms with Crippen molar-refractivity contribution in [2.75, 3.05) is 19.0 Å². The van der Waals surface area contributed by atoms with Crippen molar-refractivity contribution in [2.24, 2.45) is 0 Å². The molecule has 0 aromatic carbocycles. The van der Waals surface area contributed by atoms with E-state index in [0.29, 0.717) is 12.2 Å². The monoisotopic (exact) mass is 311 g/mol. The molecule has 1 aromatic rings. The highest BCUT2D eigenvalue weighted by Crippen LogP contribution is 2.21. The second-order valence-corrected chi connectivity index (χ2v) is 5.22. The topological polar surface area (TPSA) is 73.2 Å². The van der Waals surface area contributed by atoms with Gasteiger partial charge in [-0.15, -0.1) is 0 Å². The third kappa shape index (κ3) is 4.07. The molecule has 0 atom stereocenters. The van der Waals surface area contributed by atoms with E-state index in [1.54, 1.807) is 0 Å². The molecular weight excluding hydrogens is 294 g/mol. The zero-order valence-corrected chi connectivity index (χ0v) is 12.7. The lowest BCUT2D eigenvalue weighted by molar-refractivity contribution is -0.141. The van der Waals surface area contributed by atoms with Crippen molar-refractivity contribution in [2.45, 2.75) is 32.2 Å². The molecule has 0 unspecified atom stereocenters. The minimum atomic E-state index is -0.547. The molecule has 1 aromatic heterocycles. The summed E-state index contributed by atoms with van der Waals surface area (Å²) in [7, 11) is 1.25. The van der Waals surface area contributed by atoms with Crippen molar-refractivity contribution in [1.82, 2.24) is 9.78 Å². The minimum absolute atomic E-state index is 0.0364. The third-order valence-electron chi connectivity index (χ3n) is 3.39. The van der Waals surface area contributed by atoms with Gasteiger partial charge in [-0.3, -0.25) is 9.59 Å². The van der Waals surface area contributed by atoms with Crippen molar-refractivity contribution >= 4 is 23.3 Å². The van der Waals surface area contributed by atoms with E-state index in [0.717, 1.165) is 23.9 Å². The van der Waals surface area contributed by atoms with Crippen LogP contribution in [0.4, 0.5) is 5.69 Å². The molecule has 21 heavy (non-hydrogen) atoms. The predicted molar refractivity (Wildman–Crippen MR) is 80.6 cm³/mol. The maximum atomic E-state index is 12.0. The first-order valence-electron chi connectivity index (χ1n) is 6.86. The molecule has 1 aliphatic carbocycles. The van der Waals surface area contributed by atoms with Crippen LogP contribution >= 0.6 is 11.6 Å². The fourth-order valence-electron chi connectivity index (χ4n) is 2.21. The van der Waals surface area contributed by atoms with E-state index >= 15 is 0 Å². The maximum Gasteiger partial charge on any atom is 0.327 e. The average Bonchev–Trinajstić information content (AvgIpc) is 2.99. The molecule has 1 aliphatic rings. The maximum absolute atomic E-state index is 12.0. The van der Waals surface area contributed by atoms with E-state index in [1.807, 2.05) is 0 Å². The fourth-order valence-corrected chi connectivity index (χ4v) is 2.42. The van der Waals surface area contributed by atoms with Crippen LogP contribution in [0.1, 0.15) is 25.7 Å². The molecule has 0 bridgehead atoms. The normalized spacial score (nSPS) is 13.9. The van der Waals surface area contributed by atoms with Crippen molar-refractivity contribution in [3.63, 3.8) is 0 Å². The quantitative estimate of drug-likeness (QED) is 0.642. The molecule has 6 nitrogen and oxygen atoms in total. The van der Waals surface area contributed by atoms with Gasteiger partial charge in [-0.05, 0) is 25.7 Å². The van der Waals surface area contributed by atoms with Crippen molar-refractivity contribution < 1.29 is 9.53 Å². The highest BCUT2D eigenvalue weighted by Gasteiger charge is 2.12. The number of hydrogen-bond acceptors (Lipinski definition) is 5. The van der Waals surface area contributed by atoms with Crippen molar-refractivity contribution in [3.05, 3.63) is 33.2 Å². The molecule has 2 rings (SSSR count). The molecule has 1 N–H and O–H groups in total. The number of esters is 1. The predicted octanol–water partition coefficient (Wildman–Crippen LogP) is 1.98. The molecule has 114 valence electrons. The first kappa shape index (κ1) is 15.6. The number of carbonyl (C=O) groups is 1. The molecule has 7 heteroatoms. The molecule has 0 amide bonds. The van der Waals surface area contributed by atoms with E-state index in [4.69, 9.17) is 11.6 Å². The van der Waals surface area contributed by atoms with Crippen LogP contribution in [0.15, 0.2) is 22.6 Å². The Morgan fingerprint density at radius 2 is 2.38 bits per heavy atom. The van der Waals surface area contributed by atoms with Gasteiger partial charge in [0.2, 0.25) is 0 Å². The Kier molecular flexibility index (Phi) is 5.38. The molecule has 0 aliphatic heterocycles. The number of aromatic nitrogens is 2. The zero-order valence-electron chi connectivity index (χ0n) is 11.9. The van der Waals surface area contributed by atoms with Crippen LogP contribution in [0, 0.1) is 0 Å². The molecule has 0 radical (unpaired) electrons. The van der Waals surface area contributed by atoms with Crippen LogP contribution in [0.2, 0.25) is 5.02 Å². The smallest absolute Gasteiger partial charge is 0.327 e. The highest BCUT2D eigenvalue weighted by atomic mass is 35.5. The van der Waals surface area contributed by atoms with Crippen LogP contribution in [-0.2, 0) is 16.1 Å². The number of rotatable bonds is 6. The summed E-state index contributed by atoms with van der Waals surface area (Å²) in [6.45, 7) is 0.454. The van der Waals surface area contributed by atoms with Gasteiger partial charge >= 0.3 is 5.97 Å². The summed E-state index contributed by atoms with van der Waals surface area (Å²) in [6, 6.07) is 0. The second kappa shape index (κ2) is 7.26. The molecule has 0 fully saturated rings. The number of nitrogens with zero attached hydrogens (tertiary/aromatic N) is 2. The van der Waals surface area contributed by atoms with Gasteiger partial charge in [-0.25, -0.2) is 4.68 Å². The zero-order chi connectivity index (χ0) is 15.2. The van der Waals surface area contributed by atoms with Crippen LogP contribution in [-0.4, -0.2) is 29.4 Å². The summed E-state index contributed by atoms with van der Waals surface area (Å²) in [5, 5.41) is 7.07. The number of nitrogens with one attached hydrogen (secondary N) is 1. The number of hydrogen-bond donors (Lipinski definition) is 1. The van der Waals surface area contributed by atoms with Gasteiger partial charge in [0.1, 0.15) is 11.6 Å². The molecule has 0 saturated carbocycles. The summed E-state index contributed by atoms with van der Waals surface area (Å²) < 4.78 is 5.48. The van der Waals surface area contributed by atoms with Gasteiger partial charge in [-0.2, -0.15) is 5.10 Å². The van der Waals surface area contributed by atoms with Gasteiger partial charge in [0.15, 0.2) is 0 Å². The van der Waals surface area contributed by atoms with Crippen molar-refractivity contribution in [3.8, 4) is 0 Å². The number of anilines is 1. The lowest BCUT2D eigenvalue weighted by Crippen LogP contribution is -2.28. The van der Waals surface area contributed by atoms with E-state index in [-0.39, 0.29) is 11.6 Å². The number of halogens is 1. The lowest BCUT2D eigenvalue weighted by atomic mass is 10.2. The Hall–Kier alpha value is -1.82. The summed E-state index contributed by atoms with van der Waals surface area (Å²) >= 11 is 6.02. The fraction of sp³-hybridized carbons (Fsp3) is 0.500. The highest BCUT2D eigenvalue weighted by molar-refractivity contribution is 6.32. The Balaban J connectivity index is 1.99. The van der Waals surface area contributed by atoms with Gasteiger partial charge in [-0.1, -0.05) is 23.3 Å². The van der Waals surface area contributed by atoms with Gasteiger partial charge in [0.25, 0.3) is 5.56 Å². The molecule has 0 saturated heterocycles. The first-order valence-corrected chi connectivity index (χ1v) is 7.24.